The zero-order valence-electron chi connectivity index (χ0n) is 14.4. The summed E-state index contributed by atoms with van der Waals surface area (Å²) < 4.78 is 21.5. The molecule has 0 saturated carbocycles. The zero-order valence-corrected chi connectivity index (χ0v) is 14.4. The number of epoxide rings is 2. The van der Waals surface area contributed by atoms with Crippen LogP contribution < -0.4 is 9.47 Å². The highest BCUT2D eigenvalue weighted by Crippen LogP contribution is 2.17. The Morgan fingerprint density at radius 2 is 1.31 bits per heavy atom. The van der Waals surface area contributed by atoms with Crippen LogP contribution in [0.5, 0.6) is 11.5 Å². The number of hydrogen-bond donors (Lipinski definition) is 0. The van der Waals surface area contributed by atoms with Crippen LogP contribution in [-0.2, 0) is 9.47 Å². The topological polar surface area (TPSA) is 55.9 Å². The molecule has 0 spiro atoms. The van der Waals surface area contributed by atoms with Gasteiger partial charge in [-0.25, -0.2) is 0 Å². The molecule has 0 aromatic heterocycles. The molecular weight excluding hydrogens is 330 g/mol. The molecule has 2 unspecified atom stereocenters. The van der Waals surface area contributed by atoms with Gasteiger partial charge in [0, 0.05) is 12.4 Å². The summed E-state index contributed by atoms with van der Waals surface area (Å²) >= 11 is 0. The number of rotatable bonds is 9. The molecule has 0 aliphatic carbocycles. The lowest BCUT2D eigenvalue weighted by Gasteiger charge is -2.03. The van der Waals surface area contributed by atoms with Crippen molar-refractivity contribution in [2.45, 2.75) is 12.2 Å². The van der Waals surface area contributed by atoms with Crippen molar-refractivity contribution in [1.82, 2.24) is 0 Å². The van der Waals surface area contributed by atoms with Crippen LogP contribution in [0.4, 0.5) is 0 Å². The molecule has 26 heavy (non-hydrogen) atoms. The lowest BCUT2D eigenvalue weighted by molar-refractivity contribution is 0.263. The molecule has 5 heteroatoms. The molecule has 0 bridgehead atoms. The van der Waals surface area contributed by atoms with E-state index in [2.05, 4.69) is 4.99 Å². The molecule has 2 aromatic carbocycles. The zero-order chi connectivity index (χ0) is 17.6. The standard InChI is InChI=1S/C21H21NO4/c1-5-18(23-12-20-14-25-20)6-2-16(1)9-10-22-11-17-3-7-19(8-4-17)24-13-21-15-26-21/h1-11,20-21H,12-15H2. The van der Waals surface area contributed by atoms with E-state index >= 15 is 0 Å². The van der Waals surface area contributed by atoms with Crippen LogP contribution in [0.15, 0.2) is 59.7 Å². The molecule has 5 nitrogen and oxygen atoms in total. The van der Waals surface area contributed by atoms with Gasteiger partial charge >= 0.3 is 0 Å². The molecular formula is C21H21NO4. The largest absolute Gasteiger partial charge is 0.491 e. The molecule has 2 aromatic rings. The molecule has 4 rings (SSSR count). The maximum atomic E-state index is 5.62. The third-order valence-electron chi connectivity index (χ3n) is 4.01. The van der Waals surface area contributed by atoms with Crippen LogP contribution in [0.1, 0.15) is 11.1 Å². The third kappa shape index (κ3) is 5.44. The van der Waals surface area contributed by atoms with E-state index in [1.54, 1.807) is 6.20 Å². The predicted octanol–water partition coefficient (Wildman–Crippen LogP) is 3.33. The maximum Gasteiger partial charge on any atom is 0.119 e. The van der Waals surface area contributed by atoms with Crippen molar-refractivity contribution < 1.29 is 18.9 Å². The average Bonchev–Trinajstić information content (AvgIpc) is 3.58. The first-order valence-electron chi connectivity index (χ1n) is 8.74. The van der Waals surface area contributed by atoms with Crippen molar-refractivity contribution >= 4 is 12.3 Å². The van der Waals surface area contributed by atoms with Gasteiger partial charge in [0.25, 0.3) is 0 Å². The fourth-order valence-electron chi connectivity index (χ4n) is 2.29. The number of aliphatic imine (C=N–C) groups is 1. The van der Waals surface area contributed by atoms with Gasteiger partial charge in [-0.15, -0.1) is 0 Å². The summed E-state index contributed by atoms with van der Waals surface area (Å²) in [5.74, 6) is 1.71. The molecule has 2 saturated heterocycles. The first-order valence-corrected chi connectivity index (χ1v) is 8.74. The minimum Gasteiger partial charge on any atom is -0.491 e. The van der Waals surface area contributed by atoms with Crippen molar-refractivity contribution in [3.63, 3.8) is 0 Å². The van der Waals surface area contributed by atoms with Crippen LogP contribution in [0.25, 0.3) is 6.08 Å². The van der Waals surface area contributed by atoms with Gasteiger partial charge in [-0.1, -0.05) is 12.1 Å². The van der Waals surface area contributed by atoms with E-state index in [-0.39, 0.29) is 12.2 Å². The Kier molecular flexibility index (Phi) is 5.28. The molecule has 2 fully saturated rings. The van der Waals surface area contributed by atoms with E-state index in [1.165, 1.54) is 0 Å². The van der Waals surface area contributed by atoms with Gasteiger partial charge in [-0.2, -0.15) is 0 Å². The van der Waals surface area contributed by atoms with Crippen molar-refractivity contribution in [2.75, 3.05) is 26.4 Å². The Labute approximate surface area is 152 Å². The lowest BCUT2D eigenvalue weighted by Crippen LogP contribution is -2.03. The van der Waals surface area contributed by atoms with Crippen LogP contribution in [0.3, 0.4) is 0 Å². The second-order valence-electron chi connectivity index (χ2n) is 6.26. The van der Waals surface area contributed by atoms with Gasteiger partial charge in [-0.05, 0) is 53.6 Å². The van der Waals surface area contributed by atoms with E-state index in [4.69, 9.17) is 18.9 Å². The summed E-state index contributed by atoms with van der Waals surface area (Å²) in [6.07, 6.45) is 6.10. The molecule has 0 N–H and O–H groups in total. The van der Waals surface area contributed by atoms with E-state index in [0.717, 1.165) is 35.8 Å². The fraction of sp³-hybridized carbons (Fsp3) is 0.286. The number of hydrogen-bond acceptors (Lipinski definition) is 5. The smallest absolute Gasteiger partial charge is 0.119 e. The quantitative estimate of drug-likeness (QED) is 0.514. The molecule has 2 atom stereocenters. The summed E-state index contributed by atoms with van der Waals surface area (Å²) in [5, 5.41) is 0. The lowest BCUT2D eigenvalue weighted by atomic mass is 10.2. The van der Waals surface area contributed by atoms with E-state index in [1.807, 2.05) is 60.8 Å². The number of nitrogens with zero attached hydrogens (tertiary/aromatic N) is 1. The monoisotopic (exact) mass is 351 g/mol. The van der Waals surface area contributed by atoms with Crippen LogP contribution in [0, 0.1) is 0 Å². The molecule has 2 aliphatic heterocycles. The van der Waals surface area contributed by atoms with Crippen LogP contribution in [-0.4, -0.2) is 44.9 Å². The first kappa shape index (κ1) is 16.8. The van der Waals surface area contributed by atoms with Gasteiger partial charge in [0.05, 0.1) is 13.2 Å². The van der Waals surface area contributed by atoms with Gasteiger partial charge in [0.1, 0.15) is 36.9 Å². The summed E-state index contributed by atoms with van der Waals surface area (Å²) in [5.41, 5.74) is 2.10. The summed E-state index contributed by atoms with van der Waals surface area (Å²) in [4.78, 5) is 4.33. The van der Waals surface area contributed by atoms with Crippen LogP contribution in [0.2, 0.25) is 0 Å². The van der Waals surface area contributed by atoms with Gasteiger partial charge in [0.15, 0.2) is 0 Å². The summed E-state index contributed by atoms with van der Waals surface area (Å²) in [6, 6.07) is 15.8. The minimum atomic E-state index is 0.272. The van der Waals surface area contributed by atoms with Gasteiger partial charge in [-0.3, -0.25) is 4.99 Å². The SMILES string of the molecule is C(=Cc1ccc(OCC2CO2)cc1)N=Cc1ccc(OCC2CO2)cc1. The van der Waals surface area contributed by atoms with Crippen LogP contribution >= 0.6 is 0 Å². The van der Waals surface area contributed by atoms with E-state index in [9.17, 15) is 0 Å². The Morgan fingerprint density at radius 3 is 1.81 bits per heavy atom. The van der Waals surface area contributed by atoms with E-state index < -0.39 is 0 Å². The van der Waals surface area contributed by atoms with Crippen molar-refractivity contribution in [3.8, 4) is 11.5 Å². The van der Waals surface area contributed by atoms with Crippen molar-refractivity contribution in [1.29, 1.82) is 0 Å². The van der Waals surface area contributed by atoms with Crippen molar-refractivity contribution in [3.05, 3.63) is 65.9 Å². The molecule has 0 amide bonds. The van der Waals surface area contributed by atoms with Gasteiger partial charge in [0.2, 0.25) is 0 Å². The maximum absolute atomic E-state index is 5.62. The fourth-order valence-corrected chi connectivity index (χ4v) is 2.29. The second-order valence-corrected chi connectivity index (χ2v) is 6.26. The molecule has 2 aliphatic rings. The highest BCUT2D eigenvalue weighted by Gasteiger charge is 2.23. The second kappa shape index (κ2) is 8.17. The highest BCUT2D eigenvalue weighted by atomic mass is 16.6. The summed E-state index contributed by atoms with van der Waals surface area (Å²) in [6.45, 7) is 2.86. The predicted molar refractivity (Wildman–Crippen MR) is 100.0 cm³/mol. The van der Waals surface area contributed by atoms with Crippen molar-refractivity contribution in [2.24, 2.45) is 4.99 Å². The third-order valence-corrected chi connectivity index (χ3v) is 4.01. The Bertz CT molecular complexity index is 692. The summed E-state index contributed by atoms with van der Waals surface area (Å²) in [7, 11) is 0. The van der Waals surface area contributed by atoms with E-state index in [0.29, 0.717) is 13.2 Å². The molecule has 134 valence electrons. The highest BCUT2D eigenvalue weighted by molar-refractivity contribution is 5.80. The normalized spacial score (nSPS) is 21.2. The Morgan fingerprint density at radius 1 is 0.808 bits per heavy atom. The first-order chi connectivity index (χ1) is 12.8. The Hall–Kier alpha value is -2.63. The number of ether oxygens (including phenoxy) is 4. The van der Waals surface area contributed by atoms with Gasteiger partial charge < -0.3 is 18.9 Å². The minimum absolute atomic E-state index is 0.272. The number of benzene rings is 2. The average molecular weight is 351 g/mol. The molecule has 2 heterocycles. The Balaban J connectivity index is 1.24. The molecule has 0 radical (unpaired) electrons.